The lowest BCUT2D eigenvalue weighted by Crippen LogP contribution is -2.22. The number of hydrogen-bond donors (Lipinski definition) is 1. The van der Waals surface area contributed by atoms with Gasteiger partial charge in [0.15, 0.2) is 0 Å². The fourth-order valence-corrected chi connectivity index (χ4v) is 3.24. The molecule has 20 heavy (non-hydrogen) atoms. The van der Waals surface area contributed by atoms with Crippen LogP contribution in [0.4, 0.5) is 5.69 Å². The minimum Gasteiger partial charge on any atom is -0.369 e. The van der Waals surface area contributed by atoms with Crippen molar-refractivity contribution in [3.8, 4) is 0 Å². The van der Waals surface area contributed by atoms with Crippen LogP contribution in [0.5, 0.6) is 0 Å². The van der Waals surface area contributed by atoms with Gasteiger partial charge in [-0.3, -0.25) is 0 Å². The SMILES string of the molecule is Cc1ncsc1CN(C)c1ccc(Cl)cc1CC(C)N. The Balaban J connectivity index is 2.24. The van der Waals surface area contributed by atoms with Gasteiger partial charge in [-0.1, -0.05) is 11.6 Å². The molecule has 0 saturated heterocycles. The van der Waals surface area contributed by atoms with Crippen molar-refractivity contribution in [2.45, 2.75) is 32.9 Å². The van der Waals surface area contributed by atoms with E-state index in [0.29, 0.717) is 0 Å². The molecule has 0 spiro atoms. The molecule has 0 amide bonds. The molecule has 0 radical (unpaired) electrons. The summed E-state index contributed by atoms with van der Waals surface area (Å²) in [5, 5.41) is 0.756. The van der Waals surface area contributed by atoms with E-state index in [1.54, 1.807) is 11.3 Å². The molecule has 2 rings (SSSR count). The highest BCUT2D eigenvalue weighted by molar-refractivity contribution is 7.09. The Labute approximate surface area is 129 Å². The lowest BCUT2D eigenvalue weighted by atomic mass is 10.0. The van der Waals surface area contributed by atoms with E-state index in [2.05, 4.69) is 23.0 Å². The van der Waals surface area contributed by atoms with Crippen LogP contribution in [0.3, 0.4) is 0 Å². The van der Waals surface area contributed by atoms with Gasteiger partial charge < -0.3 is 10.6 Å². The smallest absolute Gasteiger partial charge is 0.0798 e. The molecular weight excluding hydrogens is 290 g/mol. The molecule has 0 aliphatic carbocycles. The third-order valence-electron chi connectivity index (χ3n) is 3.22. The number of anilines is 1. The van der Waals surface area contributed by atoms with Crippen LogP contribution in [-0.2, 0) is 13.0 Å². The number of aromatic nitrogens is 1. The molecule has 5 heteroatoms. The topological polar surface area (TPSA) is 42.2 Å². The summed E-state index contributed by atoms with van der Waals surface area (Å²) in [6.07, 6.45) is 0.821. The Morgan fingerprint density at radius 1 is 1.45 bits per heavy atom. The van der Waals surface area contributed by atoms with Gasteiger partial charge in [-0.05, 0) is 44.0 Å². The van der Waals surface area contributed by atoms with Gasteiger partial charge in [0.2, 0.25) is 0 Å². The molecule has 1 aromatic carbocycles. The molecule has 2 N–H and O–H groups in total. The molecule has 3 nitrogen and oxygen atoms in total. The Morgan fingerprint density at radius 3 is 2.80 bits per heavy atom. The minimum absolute atomic E-state index is 0.116. The molecule has 0 aliphatic rings. The zero-order valence-electron chi connectivity index (χ0n) is 12.1. The Bertz CT molecular complexity index is 580. The van der Waals surface area contributed by atoms with E-state index >= 15 is 0 Å². The highest BCUT2D eigenvalue weighted by Crippen LogP contribution is 2.27. The number of nitrogens with zero attached hydrogens (tertiary/aromatic N) is 2. The molecule has 1 atom stereocenters. The molecule has 2 aromatic rings. The van der Waals surface area contributed by atoms with Crippen LogP contribution in [0.15, 0.2) is 23.7 Å². The zero-order chi connectivity index (χ0) is 14.7. The summed E-state index contributed by atoms with van der Waals surface area (Å²) in [6, 6.07) is 6.12. The number of benzene rings is 1. The van der Waals surface area contributed by atoms with Crippen molar-refractivity contribution in [3.63, 3.8) is 0 Å². The first-order chi connectivity index (χ1) is 9.47. The van der Waals surface area contributed by atoms with Crippen LogP contribution >= 0.6 is 22.9 Å². The number of thiazole rings is 1. The van der Waals surface area contributed by atoms with Gasteiger partial charge in [-0.15, -0.1) is 11.3 Å². The first kappa shape index (κ1) is 15.3. The van der Waals surface area contributed by atoms with E-state index in [0.717, 1.165) is 23.7 Å². The second-order valence-electron chi connectivity index (χ2n) is 5.17. The number of hydrogen-bond acceptors (Lipinski definition) is 4. The molecule has 1 unspecified atom stereocenters. The van der Waals surface area contributed by atoms with Gasteiger partial charge in [0.25, 0.3) is 0 Å². The molecule has 0 saturated carbocycles. The van der Waals surface area contributed by atoms with E-state index in [1.807, 2.05) is 31.5 Å². The van der Waals surface area contributed by atoms with E-state index in [-0.39, 0.29) is 6.04 Å². The van der Waals surface area contributed by atoms with Crippen molar-refractivity contribution in [2.75, 3.05) is 11.9 Å². The molecule has 1 aromatic heterocycles. The average Bonchev–Trinajstić information content (AvgIpc) is 2.74. The quantitative estimate of drug-likeness (QED) is 0.917. The van der Waals surface area contributed by atoms with Gasteiger partial charge in [0, 0.05) is 28.7 Å². The van der Waals surface area contributed by atoms with Gasteiger partial charge in [-0.2, -0.15) is 0 Å². The maximum atomic E-state index is 6.11. The highest BCUT2D eigenvalue weighted by Gasteiger charge is 2.12. The summed E-state index contributed by atoms with van der Waals surface area (Å²) in [4.78, 5) is 7.82. The Morgan fingerprint density at radius 2 is 2.20 bits per heavy atom. The molecule has 0 bridgehead atoms. The van der Waals surface area contributed by atoms with E-state index in [4.69, 9.17) is 17.3 Å². The number of aryl methyl sites for hydroxylation is 1. The average molecular weight is 310 g/mol. The highest BCUT2D eigenvalue weighted by atomic mass is 35.5. The van der Waals surface area contributed by atoms with Crippen LogP contribution in [-0.4, -0.2) is 18.1 Å². The van der Waals surface area contributed by atoms with Crippen molar-refractivity contribution in [1.29, 1.82) is 0 Å². The van der Waals surface area contributed by atoms with Gasteiger partial charge in [0.05, 0.1) is 17.7 Å². The number of halogens is 1. The predicted octanol–water partition coefficient (Wildman–Crippen LogP) is 3.63. The van der Waals surface area contributed by atoms with Crippen molar-refractivity contribution in [1.82, 2.24) is 4.98 Å². The second-order valence-corrected chi connectivity index (χ2v) is 6.55. The number of rotatable bonds is 5. The molecule has 1 heterocycles. The number of nitrogens with two attached hydrogens (primary N) is 1. The fourth-order valence-electron chi connectivity index (χ4n) is 2.22. The second kappa shape index (κ2) is 6.57. The molecule has 0 fully saturated rings. The summed E-state index contributed by atoms with van der Waals surface area (Å²) in [7, 11) is 2.09. The summed E-state index contributed by atoms with van der Waals surface area (Å²) in [5.74, 6) is 0. The summed E-state index contributed by atoms with van der Waals surface area (Å²) in [5.41, 5.74) is 11.3. The molecular formula is C15H20ClN3S. The predicted molar refractivity (Wildman–Crippen MR) is 87.8 cm³/mol. The summed E-state index contributed by atoms with van der Waals surface area (Å²) < 4.78 is 0. The van der Waals surface area contributed by atoms with Gasteiger partial charge in [0.1, 0.15) is 0 Å². The first-order valence-corrected chi connectivity index (χ1v) is 7.87. The maximum absolute atomic E-state index is 6.11. The lowest BCUT2D eigenvalue weighted by Gasteiger charge is -2.23. The third kappa shape index (κ3) is 3.72. The monoisotopic (exact) mass is 309 g/mol. The van der Waals surface area contributed by atoms with E-state index in [1.165, 1.54) is 16.1 Å². The fraction of sp³-hybridized carbons (Fsp3) is 0.400. The zero-order valence-corrected chi connectivity index (χ0v) is 13.6. The summed E-state index contributed by atoms with van der Waals surface area (Å²) >= 11 is 7.80. The first-order valence-electron chi connectivity index (χ1n) is 6.61. The van der Waals surface area contributed by atoms with E-state index in [9.17, 15) is 0 Å². The van der Waals surface area contributed by atoms with Crippen LogP contribution in [0, 0.1) is 6.92 Å². The van der Waals surface area contributed by atoms with Crippen molar-refractivity contribution >= 4 is 28.6 Å². The Kier molecular flexibility index (Phi) is 5.02. The van der Waals surface area contributed by atoms with Crippen molar-refractivity contribution in [3.05, 3.63) is 44.9 Å². The molecule has 108 valence electrons. The van der Waals surface area contributed by atoms with Crippen LogP contribution in [0.1, 0.15) is 23.1 Å². The standard InChI is InChI=1S/C15H20ClN3S/c1-10(17)6-12-7-13(16)4-5-14(12)19(3)8-15-11(2)18-9-20-15/h4-5,7,9-10H,6,8,17H2,1-3H3. The Hall–Kier alpha value is -1.10. The van der Waals surface area contributed by atoms with Crippen LogP contribution < -0.4 is 10.6 Å². The van der Waals surface area contributed by atoms with Crippen LogP contribution in [0.2, 0.25) is 5.02 Å². The van der Waals surface area contributed by atoms with Crippen molar-refractivity contribution in [2.24, 2.45) is 5.73 Å². The molecule has 0 aliphatic heterocycles. The third-order valence-corrected chi connectivity index (χ3v) is 4.38. The van der Waals surface area contributed by atoms with Crippen molar-refractivity contribution < 1.29 is 0 Å². The maximum Gasteiger partial charge on any atom is 0.0798 e. The lowest BCUT2D eigenvalue weighted by molar-refractivity contribution is 0.734. The van der Waals surface area contributed by atoms with Crippen LogP contribution in [0.25, 0.3) is 0 Å². The summed E-state index contributed by atoms with van der Waals surface area (Å²) in [6.45, 7) is 4.91. The van der Waals surface area contributed by atoms with Gasteiger partial charge >= 0.3 is 0 Å². The van der Waals surface area contributed by atoms with E-state index < -0.39 is 0 Å². The normalized spacial score (nSPS) is 12.4. The largest absolute Gasteiger partial charge is 0.369 e. The minimum atomic E-state index is 0.116. The van der Waals surface area contributed by atoms with Gasteiger partial charge in [-0.25, -0.2) is 4.98 Å².